The van der Waals surface area contributed by atoms with Crippen LogP contribution in [0, 0.1) is 0 Å². The summed E-state index contributed by atoms with van der Waals surface area (Å²) in [5, 5.41) is 0. The average Bonchev–Trinajstić information content (AvgIpc) is 1.82. The summed E-state index contributed by atoms with van der Waals surface area (Å²) in [5.41, 5.74) is 0. The maximum atomic E-state index is 3.87. The monoisotopic (exact) mass is 213 g/mol. The van der Waals surface area contributed by atoms with E-state index in [1.54, 1.807) is 0 Å². The molecule has 0 spiro atoms. The van der Waals surface area contributed by atoms with Gasteiger partial charge in [0.15, 0.2) is 0 Å². The number of hydrogen-bond donors (Lipinski definition) is 1. The van der Waals surface area contributed by atoms with Crippen LogP contribution in [0.4, 0.5) is 0 Å². The van der Waals surface area contributed by atoms with Crippen LogP contribution in [-0.4, -0.2) is 16.5 Å². The van der Waals surface area contributed by atoms with Gasteiger partial charge in [0.1, 0.15) is 16.5 Å². The molecule has 1 nitrogen and oxygen atoms in total. The molecule has 0 radical (unpaired) electrons. The first-order chi connectivity index (χ1) is 5.83. The van der Waals surface area contributed by atoms with E-state index in [9.17, 15) is 0 Å². The van der Waals surface area contributed by atoms with Crippen molar-refractivity contribution in [1.29, 1.82) is 0 Å². The number of allylic oxidation sites excluding steroid dienone is 2. The largest absolute Gasteiger partial charge is 0.359 e. The van der Waals surface area contributed by atoms with Gasteiger partial charge in [-0.3, -0.25) is 0 Å². The second kappa shape index (κ2) is 4.93. The molecule has 13 heavy (non-hydrogen) atoms. The molecule has 0 heterocycles. The van der Waals surface area contributed by atoms with E-state index in [2.05, 4.69) is 44.0 Å². The molecular weight excluding hydrogens is 190 g/mol. The lowest BCUT2D eigenvalue weighted by molar-refractivity contribution is 1.23. The Balaban J connectivity index is 4.39. The van der Waals surface area contributed by atoms with E-state index >= 15 is 0 Å². The van der Waals surface area contributed by atoms with Crippen molar-refractivity contribution in [1.82, 2.24) is 4.65 Å². The van der Waals surface area contributed by atoms with Gasteiger partial charge in [-0.2, -0.15) is 0 Å². The van der Waals surface area contributed by atoms with Crippen LogP contribution in [0.1, 0.15) is 0 Å². The normalized spacial score (nSPS) is 12.6. The van der Waals surface area contributed by atoms with Crippen molar-refractivity contribution in [2.75, 3.05) is 0 Å². The van der Waals surface area contributed by atoms with Gasteiger partial charge in [-0.15, -0.1) is 13.2 Å². The minimum atomic E-state index is -1.31. The number of rotatable bonds is 6. The fourth-order valence-corrected chi connectivity index (χ4v) is 11.2. The summed E-state index contributed by atoms with van der Waals surface area (Å²) in [5.74, 6) is 0. The molecule has 0 fully saturated rings. The second-order valence-corrected chi connectivity index (χ2v) is 14.4. The highest BCUT2D eigenvalue weighted by Gasteiger charge is 2.29. The van der Waals surface area contributed by atoms with Crippen LogP contribution < -0.4 is 4.65 Å². The Hall–Kier alpha value is -0.126. The Morgan fingerprint density at radius 3 is 1.62 bits per heavy atom. The summed E-state index contributed by atoms with van der Waals surface area (Å²) in [6.07, 6.45) is 4.09. The molecule has 0 saturated heterocycles. The van der Waals surface area contributed by atoms with Crippen molar-refractivity contribution < 1.29 is 0 Å². The van der Waals surface area contributed by atoms with Crippen molar-refractivity contribution in [3.8, 4) is 0 Å². The standard InChI is InChI=1S/C10H23NSi2/c1-7-9-13(6,10-8-2)11-12(3,4)5/h7-8,11H,1-2,9-10H2,3-6H3. The van der Waals surface area contributed by atoms with Crippen LogP contribution in [0.25, 0.3) is 0 Å². The molecular formula is C10H23NSi2. The summed E-state index contributed by atoms with van der Waals surface area (Å²) in [6.45, 7) is 17.1. The minimum Gasteiger partial charge on any atom is -0.359 e. The highest BCUT2D eigenvalue weighted by Crippen LogP contribution is 2.16. The van der Waals surface area contributed by atoms with Gasteiger partial charge < -0.3 is 4.65 Å². The van der Waals surface area contributed by atoms with Crippen LogP contribution >= 0.6 is 0 Å². The van der Waals surface area contributed by atoms with Crippen molar-refractivity contribution in [3.63, 3.8) is 0 Å². The Bertz CT molecular complexity index is 172. The Morgan fingerprint density at radius 1 is 1.00 bits per heavy atom. The van der Waals surface area contributed by atoms with Crippen LogP contribution in [0.3, 0.4) is 0 Å². The SMILES string of the molecule is C=CC[Si](C)(CC=C)N[Si](C)(C)C. The van der Waals surface area contributed by atoms with E-state index in [1.807, 2.05) is 12.2 Å². The molecule has 0 aromatic rings. The molecule has 3 heteroatoms. The molecule has 0 aromatic heterocycles. The molecule has 0 aliphatic rings. The molecule has 0 bridgehead atoms. The predicted octanol–water partition coefficient (Wildman–Crippen LogP) is 3.36. The van der Waals surface area contributed by atoms with Gasteiger partial charge in [-0.05, 0) is 12.1 Å². The topological polar surface area (TPSA) is 12.0 Å². The van der Waals surface area contributed by atoms with E-state index in [0.29, 0.717) is 0 Å². The Morgan fingerprint density at radius 2 is 1.38 bits per heavy atom. The molecule has 0 aliphatic heterocycles. The van der Waals surface area contributed by atoms with Gasteiger partial charge >= 0.3 is 0 Å². The zero-order chi connectivity index (χ0) is 10.5. The Labute approximate surface area is 85.1 Å². The molecule has 0 aromatic carbocycles. The highest BCUT2D eigenvalue weighted by atomic mass is 28.4. The van der Waals surface area contributed by atoms with Crippen molar-refractivity contribution in [2.45, 2.75) is 38.3 Å². The third kappa shape index (κ3) is 6.01. The van der Waals surface area contributed by atoms with E-state index in [-0.39, 0.29) is 0 Å². The molecule has 0 amide bonds. The lowest BCUT2D eigenvalue weighted by atomic mass is 10.7. The molecule has 0 saturated carbocycles. The van der Waals surface area contributed by atoms with Crippen LogP contribution in [0.2, 0.25) is 38.3 Å². The third-order valence-electron chi connectivity index (χ3n) is 1.87. The van der Waals surface area contributed by atoms with E-state index in [0.717, 1.165) is 12.1 Å². The molecule has 0 rings (SSSR count). The van der Waals surface area contributed by atoms with Crippen molar-refractivity contribution in [2.24, 2.45) is 0 Å². The second-order valence-electron chi connectivity index (χ2n) is 4.92. The summed E-state index contributed by atoms with van der Waals surface area (Å²) < 4.78 is 3.87. The van der Waals surface area contributed by atoms with Gasteiger partial charge in [0.25, 0.3) is 0 Å². The molecule has 0 unspecified atom stereocenters. The van der Waals surface area contributed by atoms with Gasteiger partial charge in [-0.1, -0.05) is 38.3 Å². The lowest BCUT2D eigenvalue weighted by Crippen LogP contribution is -2.58. The maximum Gasteiger partial charge on any atom is 0.123 e. The van der Waals surface area contributed by atoms with Crippen LogP contribution in [-0.2, 0) is 0 Å². The predicted molar refractivity (Wildman–Crippen MR) is 68.1 cm³/mol. The van der Waals surface area contributed by atoms with Gasteiger partial charge in [-0.25, -0.2) is 0 Å². The fourth-order valence-electron chi connectivity index (χ4n) is 1.73. The quantitative estimate of drug-likeness (QED) is 0.527. The lowest BCUT2D eigenvalue weighted by Gasteiger charge is -2.33. The molecule has 76 valence electrons. The molecule has 0 aliphatic carbocycles. The summed E-state index contributed by atoms with van der Waals surface area (Å²) in [6, 6.07) is 2.28. The van der Waals surface area contributed by atoms with E-state index in [4.69, 9.17) is 0 Å². The van der Waals surface area contributed by atoms with E-state index in [1.165, 1.54) is 0 Å². The minimum absolute atomic E-state index is 1.14. The maximum absolute atomic E-state index is 3.87. The van der Waals surface area contributed by atoms with Gasteiger partial charge in [0.05, 0.1) is 0 Å². The van der Waals surface area contributed by atoms with E-state index < -0.39 is 16.5 Å². The Kier molecular flexibility index (Phi) is 4.88. The molecule has 1 N–H and O–H groups in total. The first kappa shape index (κ1) is 12.9. The van der Waals surface area contributed by atoms with Crippen molar-refractivity contribution in [3.05, 3.63) is 25.3 Å². The van der Waals surface area contributed by atoms with Crippen LogP contribution in [0.15, 0.2) is 25.3 Å². The molecule has 0 atom stereocenters. The average molecular weight is 213 g/mol. The first-order valence-electron chi connectivity index (χ1n) is 4.84. The first-order valence-corrected chi connectivity index (χ1v) is 11.3. The number of nitrogens with one attached hydrogen (secondary N) is 1. The smallest absolute Gasteiger partial charge is 0.123 e. The van der Waals surface area contributed by atoms with Gasteiger partial charge in [0.2, 0.25) is 0 Å². The third-order valence-corrected chi connectivity index (χ3v) is 9.66. The zero-order valence-electron chi connectivity index (χ0n) is 9.48. The zero-order valence-corrected chi connectivity index (χ0v) is 11.5. The van der Waals surface area contributed by atoms with Gasteiger partial charge in [0, 0.05) is 0 Å². The summed E-state index contributed by atoms with van der Waals surface area (Å²) in [7, 11) is -2.46. The summed E-state index contributed by atoms with van der Waals surface area (Å²) in [4.78, 5) is 0. The fraction of sp³-hybridized carbons (Fsp3) is 0.600. The summed E-state index contributed by atoms with van der Waals surface area (Å²) >= 11 is 0. The van der Waals surface area contributed by atoms with Crippen LogP contribution in [0.5, 0.6) is 0 Å². The highest BCUT2D eigenvalue weighted by molar-refractivity contribution is 6.91. The number of hydrogen-bond acceptors (Lipinski definition) is 1. The van der Waals surface area contributed by atoms with Crippen molar-refractivity contribution >= 4 is 16.5 Å².